The number of unbranched alkanes of at least 4 members (excludes halogenated alkanes) is 1. The lowest BCUT2D eigenvalue weighted by Gasteiger charge is -1.97. The zero-order valence-corrected chi connectivity index (χ0v) is 5.49. The number of aliphatic hydroxyl groups is 1. The SMILES string of the molecule is CCCCC(O)S. The van der Waals surface area contributed by atoms with Crippen molar-refractivity contribution < 1.29 is 5.11 Å². The van der Waals surface area contributed by atoms with E-state index in [4.69, 9.17) is 5.11 Å². The highest BCUT2D eigenvalue weighted by atomic mass is 32.1. The molecule has 1 N–H and O–H groups in total. The highest BCUT2D eigenvalue weighted by Gasteiger charge is 1.91. The van der Waals surface area contributed by atoms with Crippen LogP contribution in [0.25, 0.3) is 0 Å². The molecule has 0 saturated heterocycles. The van der Waals surface area contributed by atoms with E-state index in [-0.39, 0.29) is 0 Å². The van der Waals surface area contributed by atoms with Gasteiger partial charge in [0, 0.05) is 0 Å². The van der Waals surface area contributed by atoms with E-state index < -0.39 is 5.44 Å². The zero-order valence-electron chi connectivity index (χ0n) is 4.59. The lowest BCUT2D eigenvalue weighted by molar-refractivity contribution is 0.251. The van der Waals surface area contributed by atoms with Gasteiger partial charge in [-0.15, -0.1) is 12.6 Å². The lowest BCUT2D eigenvalue weighted by atomic mass is 10.3. The predicted molar refractivity (Wildman–Crippen MR) is 34.5 cm³/mol. The van der Waals surface area contributed by atoms with Gasteiger partial charge in [-0.05, 0) is 6.42 Å². The molecule has 0 heterocycles. The summed E-state index contributed by atoms with van der Waals surface area (Å²) in [4.78, 5) is 0. The number of thiol groups is 1. The van der Waals surface area contributed by atoms with E-state index in [0.29, 0.717) is 0 Å². The average molecular weight is 120 g/mol. The van der Waals surface area contributed by atoms with Crippen LogP contribution in [-0.4, -0.2) is 10.5 Å². The summed E-state index contributed by atoms with van der Waals surface area (Å²) in [6, 6.07) is 0. The Bertz CT molecular complexity index is 37.1. The molecule has 0 saturated carbocycles. The molecular formula is C5H12OS. The maximum atomic E-state index is 8.55. The molecule has 0 aliphatic heterocycles. The molecule has 44 valence electrons. The Morgan fingerprint density at radius 1 is 1.71 bits per heavy atom. The molecule has 0 rings (SSSR count). The summed E-state index contributed by atoms with van der Waals surface area (Å²) in [6.07, 6.45) is 3.03. The summed E-state index contributed by atoms with van der Waals surface area (Å²) in [7, 11) is 0. The molecule has 7 heavy (non-hydrogen) atoms. The van der Waals surface area contributed by atoms with Crippen molar-refractivity contribution in [1.29, 1.82) is 0 Å². The summed E-state index contributed by atoms with van der Waals surface area (Å²) in [5, 5.41) is 8.55. The van der Waals surface area contributed by atoms with E-state index in [0.717, 1.165) is 19.3 Å². The Morgan fingerprint density at radius 3 is 2.43 bits per heavy atom. The van der Waals surface area contributed by atoms with Crippen LogP contribution in [0, 0.1) is 0 Å². The van der Waals surface area contributed by atoms with E-state index in [2.05, 4.69) is 19.6 Å². The highest BCUT2D eigenvalue weighted by Crippen LogP contribution is 2.01. The van der Waals surface area contributed by atoms with Crippen molar-refractivity contribution in [2.75, 3.05) is 0 Å². The van der Waals surface area contributed by atoms with Crippen molar-refractivity contribution in [3.63, 3.8) is 0 Å². The molecule has 0 aromatic heterocycles. The molecule has 2 heteroatoms. The Hall–Kier alpha value is 0.310. The summed E-state index contributed by atoms with van der Waals surface area (Å²) in [6.45, 7) is 2.09. The Balaban J connectivity index is 2.68. The van der Waals surface area contributed by atoms with E-state index in [1.165, 1.54) is 0 Å². The smallest absolute Gasteiger partial charge is 0.0964 e. The topological polar surface area (TPSA) is 20.2 Å². The molecule has 0 amide bonds. The van der Waals surface area contributed by atoms with Crippen molar-refractivity contribution in [3.8, 4) is 0 Å². The van der Waals surface area contributed by atoms with Gasteiger partial charge in [-0.3, -0.25) is 0 Å². The largest absolute Gasteiger partial charge is 0.383 e. The molecular weight excluding hydrogens is 108 g/mol. The van der Waals surface area contributed by atoms with Crippen LogP contribution in [0.5, 0.6) is 0 Å². The second-order valence-electron chi connectivity index (χ2n) is 1.62. The standard InChI is InChI=1S/C5H12OS/c1-2-3-4-5(6)7/h5-7H,2-4H2,1H3. The second kappa shape index (κ2) is 4.47. The maximum Gasteiger partial charge on any atom is 0.0964 e. The summed E-state index contributed by atoms with van der Waals surface area (Å²) in [5.74, 6) is 0. The van der Waals surface area contributed by atoms with E-state index in [1.54, 1.807) is 0 Å². The predicted octanol–water partition coefficient (Wildman–Crippen LogP) is 1.42. The molecule has 0 spiro atoms. The summed E-state index contributed by atoms with van der Waals surface area (Å²) < 4.78 is 0. The van der Waals surface area contributed by atoms with Crippen molar-refractivity contribution in [2.24, 2.45) is 0 Å². The number of hydrogen-bond donors (Lipinski definition) is 2. The van der Waals surface area contributed by atoms with Crippen LogP contribution >= 0.6 is 12.6 Å². The number of hydrogen-bond acceptors (Lipinski definition) is 2. The van der Waals surface area contributed by atoms with Gasteiger partial charge in [0.15, 0.2) is 0 Å². The molecule has 0 radical (unpaired) electrons. The van der Waals surface area contributed by atoms with Gasteiger partial charge >= 0.3 is 0 Å². The van der Waals surface area contributed by atoms with Crippen LogP contribution in [0.15, 0.2) is 0 Å². The van der Waals surface area contributed by atoms with Gasteiger partial charge in [0.25, 0.3) is 0 Å². The first kappa shape index (κ1) is 7.31. The first-order chi connectivity index (χ1) is 3.27. The third-order valence-electron chi connectivity index (χ3n) is 0.816. The van der Waals surface area contributed by atoms with E-state index >= 15 is 0 Å². The Morgan fingerprint density at radius 2 is 2.29 bits per heavy atom. The van der Waals surface area contributed by atoms with Crippen LogP contribution in [0.4, 0.5) is 0 Å². The monoisotopic (exact) mass is 120 g/mol. The molecule has 0 bridgehead atoms. The summed E-state index contributed by atoms with van der Waals surface area (Å²) >= 11 is 3.79. The fourth-order valence-corrected chi connectivity index (χ4v) is 0.569. The Kier molecular flexibility index (Phi) is 4.67. The van der Waals surface area contributed by atoms with Gasteiger partial charge in [-0.25, -0.2) is 0 Å². The van der Waals surface area contributed by atoms with Crippen LogP contribution in [0.1, 0.15) is 26.2 Å². The van der Waals surface area contributed by atoms with Crippen molar-refractivity contribution in [1.82, 2.24) is 0 Å². The lowest BCUT2D eigenvalue weighted by Crippen LogP contribution is -1.93. The average Bonchev–Trinajstić information content (AvgIpc) is 1.61. The van der Waals surface area contributed by atoms with Crippen molar-refractivity contribution >= 4 is 12.6 Å². The fourth-order valence-electron chi connectivity index (χ4n) is 0.387. The normalized spacial score (nSPS) is 14.1. The molecule has 1 atom stereocenters. The molecule has 0 aliphatic rings. The molecule has 0 aromatic rings. The van der Waals surface area contributed by atoms with Gasteiger partial charge < -0.3 is 5.11 Å². The van der Waals surface area contributed by atoms with Gasteiger partial charge in [0.2, 0.25) is 0 Å². The van der Waals surface area contributed by atoms with Gasteiger partial charge in [0.05, 0.1) is 5.44 Å². The zero-order chi connectivity index (χ0) is 5.70. The molecule has 0 fully saturated rings. The first-order valence-corrected chi connectivity index (χ1v) is 3.15. The first-order valence-electron chi connectivity index (χ1n) is 2.63. The van der Waals surface area contributed by atoms with Crippen LogP contribution in [0.3, 0.4) is 0 Å². The van der Waals surface area contributed by atoms with Gasteiger partial charge in [0.1, 0.15) is 0 Å². The molecule has 0 aromatic carbocycles. The maximum absolute atomic E-state index is 8.55. The Labute approximate surface area is 50.1 Å². The molecule has 0 aliphatic carbocycles. The molecule has 1 unspecified atom stereocenters. The van der Waals surface area contributed by atoms with Crippen molar-refractivity contribution in [2.45, 2.75) is 31.6 Å². The minimum absolute atomic E-state index is 0.403. The van der Waals surface area contributed by atoms with Crippen LogP contribution in [0.2, 0.25) is 0 Å². The van der Waals surface area contributed by atoms with Crippen molar-refractivity contribution in [3.05, 3.63) is 0 Å². The highest BCUT2D eigenvalue weighted by molar-refractivity contribution is 7.80. The van der Waals surface area contributed by atoms with E-state index in [1.807, 2.05) is 0 Å². The fraction of sp³-hybridized carbons (Fsp3) is 1.00. The third-order valence-corrected chi connectivity index (χ3v) is 1.07. The second-order valence-corrected chi connectivity index (χ2v) is 2.22. The molecule has 1 nitrogen and oxygen atoms in total. The third kappa shape index (κ3) is 6.31. The van der Waals surface area contributed by atoms with Gasteiger partial charge in [-0.2, -0.15) is 0 Å². The number of rotatable bonds is 3. The van der Waals surface area contributed by atoms with Crippen LogP contribution in [-0.2, 0) is 0 Å². The minimum Gasteiger partial charge on any atom is -0.383 e. The summed E-state index contributed by atoms with van der Waals surface area (Å²) in [5.41, 5.74) is -0.403. The number of aliphatic hydroxyl groups excluding tert-OH is 1. The van der Waals surface area contributed by atoms with Gasteiger partial charge in [-0.1, -0.05) is 19.8 Å². The minimum atomic E-state index is -0.403. The quantitative estimate of drug-likeness (QED) is 0.426. The van der Waals surface area contributed by atoms with Crippen LogP contribution < -0.4 is 0 Å². The van der Waals surface area contributed by atoms with E-state index in [9.17, 15) is 0 Å².